The Kier molecular flexibility index (Phi) is 8.20. The summed E-state index contributed by atoms with van der Waals surface area (Å²) in [5.74, 6) is -0.512. The third-order valence-corrected chi connectivity index (χ3v) is 7.87. The Balaban J connectivity index is 1.74. The Morgan fingerprint density at radius 1 is 1.12 bits per heavy atom. The number of benzene rings is 2. The number of anilines is 2. The number of likely N-dealkylation sites (tertiary alicyclic amines) is 1. The molecule has 1 aliphatic heterocycles. The topological polar surface area (TPSA) is 96.0 Å². The number of amides is 2. The summed E-state index contributed by atoms with van der Waals surface area (Å²) < 4.78 is 33.0. The van der Waals surface area contributed by atoms with Crippen LogP contribution in [0.15, 0.2) is 53.4 Å². The van der Waals surface area contributed by atoms with Crippen molar-refractivity contribution in [1.29, 1.82) is 0 Å². The number of sulfonamides is 1. The molecule has 1 fully saturated rings. The highest BCUT2D eigenvalue weighted by Crippen LogP contribution is 2.31. The molecular formula is C23H28ClN3O5S. The summed E-state index contributed by atoms with van der Waals surface area (Å²) in [5.41, 5.74) is 0.874. The molecule has 0 aromatic heterocycles. The fraction of sp³-hybridized carbons (Fsp3) is 0.391. The van der Waals surface area contributed by atoms with E-state index in [2.05, 4.69) is 5.32 Å². The molecule has 1 saturated heterocycles. The molecule has 0 spiro atoms. The summed E-state index contributed by atoms with van der Waals surface area (Å²) in [6, 6.07) is 13.2. The van der Waals surface area contributed by atoms with Crippen LogP contribution in [-0.4, -0.2) is 51.6 Å². The summed E-state index contributed by atoms with van der Waals surface area (Å²) >= 11 is 6.26. The van der Waals surface area contributed by atoms with Crippen LogP contribution in [0.1, 0.15) is 26.7 Å². The van der Waals surface area contributed by atoms with Gasteiger partial charge in [-0.3, -0.25) is 9.10 Å². The van der Waals surface area contributed by atoms with E-state index in [0.29, 0.717) is 43.9 Å². The van der Waals surface area contributed by atoms with Crippen LogP contribution in [0.5, 0.6) is 0 Å². The van der Waals surface area contributed by atoms with E-state index in [9.17, 15) is 18.0 Å². The Labute approximate surface area is 199 Å². The highest BCUT2D eigenvalue weighted by atomic mass is 35.5. The number of hydrogen-bond acceptors (Lipinski definition) is 5. The first-order valence-electron chi connectivity index (χ1n) is 10.9. The molecule has 10 heteroatoms. The second kappa shape index (κ2) is 10.9. The molecule has 1 N–H and O–H groups in total. The number of ether oxygens (including phenoxy) is 1. The van der Waals surface area contributed by atoms with Crippen LogP contribution in [0.4, 0.5) is 16.2 Å². The van der Waals surface area contributed by atoms with Gasteiger partial charge in [-0.15, -0.1) is 0 Å². The van der Waals surface area contributed by atoms with Gasteiger partial charge in [-0.05, 0) is 57.0 Å². The average molecular weight is 494 g/mol. The monoisotopic (exact) mass is 493 g/mol. The first-order chi connectivity index (χ1) is 15.8. The largest absolute Gasteiger partial charge is 0.450 e. The van der Waals surface area contributed by atoms with Gasteiger partial charge in [0.2, 0.25) is 5.91 Å². The van der Waals surface area contributed by atoms with Gasteiger partial charge < -0.3 is 15.0 Å². The molecule has 0 saturated carbocycles. The van der Waals surface area contributed by atoms with Crippen molar-refractivity contribution < 1.29 is 22.7 Å². The van der Waals surface area contributed by atoms with Gasteiger partial charge in [-0.1, -0.05) is 29.8 Å². The van der Waals surface area contributed by atoms with Gasteiger partial charge in [0.25, 0.3) is 10.0 Å². The average Bonchev–Trinajstić information content (AvgIpc) is 2.81. The highest BCUT2D eigenvalue weighted by molar-refractivity contribution is 7.93. The van der Waals surface area contributed by atoms with Crippen LogP contribution < -0.4 is 9.62 Å². The fourth-order valence-corrected chi connectivity index (χ4v) is 5.74. The van der Waals surface area contributed by atoms with Gasteiger partial charge in [0.05, 0.1) is 17.3 Å². The number of para-hydroxylation sites is 1. The van der Waals surface area contributed by atoms with Crippen LogP contribution in [0.2, 0.25) is 5.02 Å². The number of hydrogen-bond donors (Lipinski definition) is 1. The summed E-state index contributed by atoms with van der Waals surface area (Å²) in [4.78, 5) is 26.1. The summed E-state index contributed by atoms with van der Waals surface area (Å²) in [6.07, 6.45) is 0.630. The smallest absolute Gasteiger partial charge is 0.409 e. The predicted octanol–water partition coefficient (Wildman–Crippen LogP) is 4.36. The molecule has 8 nitrogen and oxygen atoms in total. The molecule has 2 amide bonds. The third-order valence-electron chi connectivity index (χ3n) is 5.49. The van der Waals surface area contributed by atoms with Crippen molar-refractivity contribution in [3.8, 4) is 0 Å². The van der Waals surface area contributed by atoms with Gasteiger partial charge in [0.15, 0.2) is 0 Å². The molecule has 1 aliphatic rings. The molecule has 33 heavy (non-hydrogen) atoms. The SMILES string of the molecule is CCOC(=O)N1CCC(C(=O)Nc2ccc(Cl)c(S(=O)(=O)N(CC)c3ccccc3)c2)CC1. The number of piperidine rings is 1. The van der Waals surface area contributed by atoms with Gasteiger partial charge >= 0.3 is 6.09 Å². The number of carbonyl (C=O) groups excluding carboxylic acids is 2. The Morgan fingerprint density at radius 2 is 1.79 bits per heavy atom. The summed E-state index contributed by atoms with van der Waals surface area (Å²) in [5, 5.41) is 2.88. The van der Waals surface area contributed by atoms with E-state index < -0.39 is 10.0 Å². The zero-order valence-corrected chi connectivity index (χ0v) is 20.2. The van der Waals surface area contributed by atoms with Crippen molar-refractivity contribution in [2.75, 3.05) is 35.9 Å². The first kappa shape index (κ1) is 24.9. The Bertz CT molecular complexity index is 1090. The lowest BCUT2D eigenvalue weighted by molar-refractivity contribution is -0.121. The van der Waals surface area contributed by atoms with Crippen molar-refractivity contribution in [3.63, 3.8) is 0 Å². The lowest BCUT2D eigenvalue weighted by Gasteiger charge is -2.30. The zero-order valence-electron chi connectivity index (χ0n) is 18.7. The fourth-order valence-electron chi connectivity index (χ4n) is 3.77. The molecule has 3 rings (SSSR count). The second-order valence-corrected chi connectivity index (χ2v) is 9.84. The lowest BCUT2D eigenvalue weighted by Crippen LogP contribution is -2.41. The number of rotatable bonds is 7. The van der Waals surface area contributed by atoms with Crippen molar-refractivity contribution in [2.24, 2.45) is 5.92 Å². The summed E-state index contributed by atoms with van der Waals surface area (Å²) in [6.45, 7) is 4.88. The number of nitrogens with one attached hydrogen (secondary N) is 1. The van der Waals surface area contributed by atoms with Crippen LogP contribution in [-0.2, 0) is 19.6 Å². The maximum absolute atomic E-state index is 13.4. The molecular weight excluding hydrogens is 466 g/mol. The molecule has 0 bridgehead atoms. The van der Waals surface area contributed by atoms with E-state index in [4.69, 9.17) is 16.3 Å². The van der Waals surface area contributed by atoms with Gasteiger partial charge in [0.1, 0.15) is 4.90 Å². The maximum Gasteiger partial charge on any atom is 0.409 e. The number of carbonyl (C=O) groups is 2. The third kappa shape index (κ3) is 5.78. The molecule has 0 aliphatic carbocycles. The van der Waals surface area contributed by atoms with Gasteiger partial charge in [-0.25, -0.2) is 13.2 Å². The Morgan fingerprint density at radius 3 is 2.39 bits per heavy atom. The molecule has 0 unspecified atom stereocenters. The summed E-state index contributed by atoms with van der Waals surface area (Å²) in [7, 11) is -3.95. The Hall–Kier alpha value is -2.78. The molecule has 2 aromatic carbocycles. The molecule has 2 aromatic rings. The quantitative estimate of drug-likeness (QED) is 0.618. The van der Waals surface area contributed by atoms with E-state index in [-0.39, 0.29) is 34.4 Å². The van der Waals surface area contributed by atoms with Crippen molar-refractivity contribution >= 4 is 45.0 Å². The maximum atomic E-state index is 13.4. The van der Waals surface area contributed by atoms with Crippen LogP contribution in [0.3, 0.4) is 0 Å². The van der Waals surface area contributed by atoms with E-state index in [1.54, 1.807) is 49.1 Å². The van der Waals surface area contributed by atoms with E-state index in [1.807, 2.05) is 6.07 Å². The standard InChI is InChI=1S/C23H28ClN3O5S/c1-3-27(19-8-6-5-7-9-19)33(30,31)21-16-18(10-11-20(21)24)25-22(28)17-12-14-26(15-13-17)23(29)32-4-2/h5-11,16-17H,3-4,12-15H2,1-2H3,(H,25,28). The van der Waals surface area contributed by atoms with Gasteiger partial charge in [-0.2, -0.15) is 0 Å². The van der Waals surface area contributed by atoms with Crippen LogP contribution in [0.25, 0.3) is 0 Å². The minimum absolute atomic E-state index is 0.0742. The lowest BCUT2D eigenvalue weighted by atomic mass is 9.96. The van der Waals surface area contributed by atoms with E-state index in [1.165, 1.54) is 16.4 Å². The minimum Gasteiger partial charge on any atom is -0.450 e. The molecule has 178 valence electrons. The predicted molar refractivity (Wildman–Crippen MR) is 128 cm³/mol. The molecule has 1 heterocycles. The minimum atomic E-state index is -3.95. The number of halogens is 1. The first-order valence-corrected chi connectivity index (χ1v) is 12.7. The van der Waals surface area contributed by atoms with Gasteiger partial charge in [0, 0.05) is 31.2 Å². The second-order valence-electron chi connectivity index (χ2n) is 7.60. The van der Waals surface area contributed by atoms with Crippen LogP contribution >= 0.6 is 11.6 Å². The van der Waals surface area contributed by atoms with Crippen LogP contribution in [0, 0.1) is 5.92 Å². The molecule has 0 atom stereocenters. The van der Waals surface area contributed by atoms with E-state index >= 15 is 0 Å². The zero-order chi connectivity index (χ0) is 24.0. The van der Waals surface area contributed by atoms with Crippen molar-refractivity contribution in [1.82, 2.24) is 4.90 Å². The highest BCUT2D eigenvalue weighted by Gasteiger charge is 2.29. The van der Waals surface area contributed by atoms with Crippen molar-refractivity contribution in [3.05, 3.63) is 53.6 Å². The van der Waals surface area contributed by atoms with Crippen molar-refractivity contribution in [2.45, 2.75) is 31.6 Å². The number of nitrogens with zero attached hydrogens (tertiary/aromatic N) is 2. The molecule has 0 radical (unpaired) electrons. The van der Waals surface area contributed by atoms with E-state index in [0.717, 1.165) is 0 Å². The normalized spacial score (nSPS) is 14.6.